The summed E-state index contributed by atoms with van der Waals surface area (Å²) in [6, 6.07) is 27.8. The first-order valence-electron chi connectivity index (χ1n) is 13.3. The van der Waals surface area contributed by atoms with Crippen molar-refractivity contribution in [2.24, 2.45) is 5.92 Å². The Balaban J connectivity index is 2.02. The molecule has 0 aromatic heterocycles. The molecule has 36 heavy (non-hydrogen) atoms. The number of ketones is 1. The maximum Gasteiger partial charge on any atom is 0.231 e. The van der Waals surface area contributed by atoms with E-state index in [1.807, 2.05) is 96.8 Å². The van der Waals surface area contributed by atoms with Crippen LogP contribution in [0.3, 0.4) is 0 Å². The van der Waals surface area contributed by atoms with Gasteiger partial charge in [0.05, 0.1) is 11.3 Å². The summed E-state index contributed by atoms with van der Waals surface area (Å²) in [5, 5.41) is 0. The molecule has 186 valence electrons. The van der Waals surface area contributed by atoms with Crippen molar-refractivity contribution >= 4 is 17.4 Å². The second kappa shape index (κ2) is 11.5. The molecule has 0 saturated carbocycles. The van der Waals surface area contributed by atoms with Crippen LogP contribution in [-0.4, -0.2) is 23.1 Å². The molecule has 1 aliphatic rings. The van der Waals surface area contributed by atoms with Gasteiger partial charge in [-0.3, -0.25) is 9.59 Å². The lowest BCUT2D eigenvalue weighted by Gasteiger charge is -2.45. The number of hydrogen-bond acceptors (Lipinski definition) is 2. The second-order valence-electron chi connectivity index (χ2n) is 9.86. The first-order chi connectivity index (χ1) is 17.5. The third kappa shape index (κ3) is 4.93. The van der Waals surface area contributed by atoms with E-state index >= 15 is 0 Å². The molecule has 3 heteroatoms. The third-order valence-corrected chi connectivity index (χ3v) is 7.36. The lowest BCUT2D eigenvalue weighted by Crippen LogP contribution is -2.54. The largest absolute Gasteiger partial charge is 0.312 e. The van der Waals surface area contributed by atoms with Crippen molar-refractivity contribution in [3.63, 3.8) is 0 Å². The number of allylic oxidation sites excluding steroid dienone is 1. The van der Waals surface area contributed by atoms with E-state index in [1.165, 1.54) is 0 Å². The quantitative estimate of drug-likeness (QED) is 0.281. The van der Waals surface area contributed by atoms with Crippen molar-refractivity contribution in [3.05, 3.63) is 113 Å². The highest BCUT2D eigenvalue weighted by atomic mass is 16.2. The van der Waals surface area contributed by atoms with E-state index in [0.717, 1.165) is 48.1 Å². The zero-order chi connectivity index (χ0) is 25.5. The van der Waals surface area contributed by atoms with Gasteiger partial charge in [-0.25, -0.2) is 0 Å². The van der Waals surface area contributed by atoms with E-state index in [4.69, 9.17) is 0 Å². The maximum atomic E-state index is 14.6. The molecule has 0 N–H and O–H groups in total. The Kier molecular flexibility index (Phi) is 8.20. The normalized spacial score (nSPS) is 19.8. The number of nitrogens with zero attached hydrogens (tertiary/aromatic N) is 1. The van der Waals surface area contributed by atoms with Gasteiger partial charge in [0.15, 0.2) is 5.78 Å². The summed E-state index contributed by atoms with van der Waals surface area (Å²) in [6.07, 6.45) is 6.57. The highest BCUT2D eigenvalue weighted by molar-refractivity contribution is 6.11. The zero-order valence-corrected chi connectivity index (χ0v) is 21.7. The highest BCUT2D eigenvalue weighted by Gasteiger charge is 2.53. The lowest BCUT2D eigenvalue weighted by atomic mass is 9.61. The van der Waals surface area contributed by atoms with Gasteiger partial charge < -0.3 is 4.90 Å². The fraction of sp³-hybridized carbons (Fsp3) is 0.333. The fourth-order valence-corrected chi connectivity index (χ4v) is 5.35. The first kappa shape index (κ1) is 25.6. The minimum absolute atomic E-state index is 0.00766. The number of rotatable bonds is 10. The van der Waals surface area contributed by atoms with Crippen LogP contribution in [0.5, 0.6) is 0 Å². The van der Waals surface area contributed by atoms with E-state index in [0.29, 0.717) is 18.5 Å². The van der Waals surface area contributed by atoms with Crippen molar-refractivity contribution in [1.29, 1.82) is 0 Å². The Labute approximate surface area is 215 Å². The lowest BCUT2D eigenvalue weighted by molar-refractivity contribution is -0.134. The molecular weight excluding hydrogens is 442 g/mol. The van der Waals surface area contributed by atoms with Crippen LogP contribution in [0.25, 0.3) is 5.70 Å². The Hall–Kier alpha value is -3.46. The summed E-state index contributed by atoms with van der Waals surface area (Å²) >= 11 is 0. The van der Waals surface area contributed by atoms with Crippen molar-refractivity contribution in [2.45, 2.75) is 58.3 Å². The molecule has 0 fully saturated rings. The van der Waals surface area contributed by atoms with E-state index in [1.54, 1.807) is 0 Å². The molecule has 0 bridgehead atoms. The SMILES string of the molecule is CCCCC1C(=O)N(CCCC)C(c2ccccc2)=CC1(C(=O)c1ccc(C)cc1)c1ccccc1. The van der Waals surface area contributed by atoms with E-state index in [-0.39, 0.29) is 11.7 Å². The van der Waals surface area contributed by atoms with Gasteiger partial charge >= 0.3 is 0 Å². The molecule has 0 spiro atoms. The zero-order valence-electron chi connectivity index (χ0n) is 21.7. The topological polar surface area (TPSA) is 37.4 Å². The second-order valence-corrected chi connectivity index (χ2v) is 9.86. The number of hydrogen-bond donors (Lipinski definition) is 0. The number of benzene rings is 3. The molecule has 0 aliphatic carbocycles. The maximum absolute atomic E-state index is 14.6. The minimum Gasteiger partial charge on any atom is -0.312 e. The van der Waals surface area contributed by atoms with Crippen LogP contribution in [0, 0.1) is 12.8 Å². The molecule has 3 aromatic rings. The Morgan fingerprint density at radius 2 is 1.44 bits per heavy atom. The van der Waals surface area contributed by atoms with Crippen molar-refractivity contribution in [3.8, 4) is 0 Å². The van der Waals surface area contributed by atoms with Gasteiger partial charge in [-0.15, -0.1) is 0 Å². The summed E-state index contributed by atoms with van der Waals surface area (Å²) in [6.45, 7) is 6.96. The molecule has 0 saturated heterocycles. The minimum atomic E-state index is -1.07. The third-order valence-electron chi connectivity index (χ3n) is 7.36. The molecular formula is C33H37NO2. The van der Waals surface area contributed by atoms with Crippen LogP contribution in [-0.2, 0) is 10.2 Å². The van der Waals surface area contributed by atoms with Gasteiger partial charge in [-0.05, 0) is 37.0 Å². The number of carbonyl (C=O) groups excluding carboxylic acids is 2. The van der Waals surface area contributed by atoms with Gasteiger partial charge in [-0.2, -0.15) is 0 Å². The highest BCUT2D eigenvalue weighted by Crippen LogP contribution is 2.47. The Morgan fingerprint density at radius 1 is 0.833 bits per heavy atom. The summed E-state index contributed by atoms with van der Waals surface area (Å²) in [5.41, 5.74) is 3.36. The van der Waals surface area contributed by atoms with Crippen LogP contribution in [0.1, 0.15) is 73.0 Å². The number of aryl methyl sites for hydroxylation is 1. The van der Waals surface area contributed by atoms with Crippen LogP contribution < -0.4 is 0 Å². The van der Waals surface area contributed by atoms with Gasteiger partial charge in [0.25, 0.3) is 0 Å². The molecule has 2 unspecified atom stereocenters. The van der Waals surface area contributed by atoms with Crippen molar-refractivity contribution in [1.82, 2.24) is 4.90 Å². The average molecular weight is 480 g/mol. The van der Waals surface area contributed by atoms with Gasteiger partial charge in [0.2, 0.25) is 5.91 Å². The van der Waals surface area contributed by atoms with Gasteiger partial charge in [0.1, 0.15) is 0 Å². The van der Waals surface area contributed by atoms with E-state index in [9.17, 15) is 9.59 Å². The monoisotopic (exact) mass is 479 g/mol. The predicted molar refractivity (Wildman–Crippen MR) is 148 cm³/mol. The van der Waals surface area contributed by atoms with Crippen molar-refractivity contribution in [2.75, 3.05) is 6.54 Å². The molecule has 3 nitrogen and oxygen atoms in total. The van der Waals surface area contributed by atoms with Crippen molar-refractivity contribution < 1.29 is 9.59 Å². The van der Waals surface area contributed by atoms with E-state index < -0.39 is 11.3 Å². The van der Waals surface area contributed by atoms with Crippen LogP contribution in [0.15, 0.2) is 91.0 Å². The summed E-state index contributed by atoms with van der Waals surface area (Å²) < 4.78 is 0. The smallest absolute Gasteiger partial charge is 0.231 e. The number of Topliss-reactive ketones (excluding diaryl/α,β-unsaturated/α-hetero) is 1. The van der Waals surface area contributed by atoms with E-state index in [2.05, 4.69) is 19.9 Å². The molecule has 1 amide bonds. The summed E-state index contributed by atoms with van der Waals surface area (Å²) in [7, 11) is 0. The standard InChI is InChI=1S/C33H37NO2/c1-4-6-18-29-32(36)34(23-7-5-2)30(26-14-10-8-11-15-26)24-33(29,28-16-12-9-13-17-28)31(35)27-21-19-25(3)20-22-27/h8-17,19-22,24,29H,4-7,18,23H2,1-3H3. The molecule has 0 radical (unpaired) electrons. The Bertz CT molecular complexity index is 1200. The molecule has 2 atom stereocenters. The van der Waals surface area contributed by atoms with Crippen LogP contribution in [0.4, 0.5) is 0 Å². The van der Waals surface area contributed by atoms with Gasteiger partial charge in [-0.1, -0.05) is 124 Å². The number of unbranched alkanes of at least 4 members (excludes halogenated alkanes) is 2. The Morgan fingerprint density at radius 3 is 2.06 bits per heavy atom. The predicted octanol–water partition coefficient (Wildman–Crippen LogP) is 7.61. The number of carbonyl (C=O) groups is 2. The molecule has 1 aliphatic heterocycles. The summed E-state index contributed by atoms with van der Waals surface area (Å²) in [4.78, 5) is 31.0. The molecule has 1 heterocycles. The molecule has 4 rings (SSSR count). The van der Waals surface area contributed by atoms with Gasteiger partial charge in [0, 0.05) is 17.8 Å². The average Bonchev–Trinajstić information content (AvgIpc) is 2.92. The van der Waals surface area contributed by atoms with Crippen LogP contribution in [0.2, 0.25) is 0 Å². The molecule has 3 aromatic carbocycles. The fourth-order valence-electron chi connectivity index (χ4n) is 5.35. The van der Waals surface area contributed by atoms with Crippen LogP contribution >= 0.6 is 0 Å². The number of amides is 1. The summed E-state index contributed by atoms with van der Waals surface area (Å²) in [5.74, 6) is -0.410. The first-order valence-corrected chi connectivity index (χ1v) is 13.3.